The van der Waals surface area contributed by atoms with E-state index in [2.05, 4.69) is 31.1 Å². The molecule has 4 nitrogen and oxygen atoms in total. The lowest BCUT2D eigenvalue weighted by molar-refractivity contribution is 0.0685. The number of nitrogens with zero attached hydrogens (tertiary/aromatic N) is 2. The Morgan fingerprint density at radius 3 is 2.65 bits per heavy atom. The fourth-order valence-corrected chi connectivity index (χ4v) is 2.16. The average Bonchev–Trinajstić information content (AvgIpc) is 2.46. The highest BCUT2D eigenvalue weighted by Crippen LogP contribution is 2.15. The van der Waals surface area contributed by atoms with E-state index in [4.69, 9.17) is 0 Å². The number of unbranched alkanes of at least 4 members (excludes halogenated alkanes) is 1. The molecule has 1 N–H and O–H groups in total. The summed E-state index contributed by atoms with van der Waals surface area (Å²) in [6.07, 6.45) is 3.11. The molecule has 20 heavy (non-hydrogen) atoms. The molecule has 1 amide bonds. The Bertz CT molecular complexity index is 445. The number of rotatable bonds is 7. The van der Waals surface area contributed by atoms with Gasteiger partial charge in [-0.3, -0.25) is 4.79 Å². The number of aromatic nitrogens is 1. The molecule has 0 spiro atoms. The standard InChI is InChI=1S/C16H27N3O/c1-6-8-9-19(13(4)7-2)16(20)14-10-12(3)18-15(11-14)17-5/h10-11,13H,6-9H2,1-5H3,(H,17,18). The third-order valence-corrected chi connectivity index (χ3v) is 3.59. The molecule has 1 heterocycles. The molecular weight excluding hydrogens is 250 g/mol. The van der Waals surface area contributed by atoms with E-state index in [0.717, 1.165) is 42.9 Å². The van der Waals surface area contributed by atoms with Gasteiger partial charge in [0, 0.05) is 30.9 Å². The lowest BCUT2D eigenvalue weighted by Gasteiger charge is -2.29. The summed E-state index contributed by atoms with van der Waals surface area (Å²) in [6, 6.07) is 3.96. The molecule has 0 saturated carbocycles. The highest BCUT2D eigenvalue weighted by molar-refractivity contribution is 5.95. The summed E-state index contributed by atoms with van der Waals surface area (Å²) in [4.78, 5) is 19.1. The molecule has 0 aliphatic rings. The van der Waals surface area contributed by atoms with Crippen LogP contribution in [0.5, 0.6) is 0 Å². The highest BCUT2D eigenvalue weighted by Gasteiger charge is 2.20. The van der Waals surface area contributed by atoms with Crippen LogP contribution in [0.1, 0.15) is 56.1 Å². The second kappa shape index (κ2) is 7.88. The summed E-state index contributed by atoms with van der Waals surface area (Å²) in [5.74, 6) is 0.850. The van der Waals surface area contributed by atoms with E-state index in [1.807, 2.05) is 31.0 Å². The van der Waals surface area contributed by atoms with E-state index in [-0.39, 0.29) is 11.9 Å². The number of anilines is 1. The first-order valence-corrected chi connectivity index (χ1v) is 7.50. The van der Waals surface area contributed by atoms with E-state index in [1.54, 1.807) is 0 Å². The van der Waals surface area contributed by atoms with E-state index >= 15 is 0 Å². The molecule has 0 aromatic carbocycles. The Labute approximate surface area is 122 Å². The van der Waals surface area contributed by atoms with Crippen LogP contribution < -0.4 is 5.32 Å². The Morgan fingerprint density at radius 1 is 1.40 bits per heavy atom. The van der Waals surface area contributed by atoms with E-state index in [1.165, 1.54) is 0 Å². The Morgan fingerprint density at radius 2 is 2.10 bits per heavy atom. The first-order chi connectivity index (χ1) is 9.53. The summed E-state index contributed by atoms with van der Waals surface area (Å²) in [7, 11) is 1.82. The number of hydrogen-bond acceptors (Lipinski definition) is 3. The Hall–Kier alpha value is -1.58. The number of hydrogen-bond donors (Lipinski definition) is 1. The van der Waals surface area contributed by atoms with Gasteiger partial charge < -0.3 is 10.2 Å². The number of nitrogens with one attached hydrogen (secondary N) is 1. The second-order valence-electron chi connectivity index (χ2n) is 5.24. The van der Waals surface area contributed by atoms with E-state index < -0.39 is 0 Å². The van der Waals surface area contributed by atoms with Crippen molar-refractivity contribution in [2.24, 2.45) is 0 Å². The fraction of sp³-hybridized carbons (Fsp3) is 0.625. The summed E-state index contributed by atoms with van der Waals surface area (Å²) < 4.78 is 0. The minimum Gasteiger partial charge on any atom is -0.373 e. The van der Waals surface area contributed by atoms with Crippen molar-refractivity contribution in [2.75, 3.05) is 18.9 Å². The largest absolute Gasteiger partial charge is 0.373 e. The maximum atomic E-state index is 12.7. The number of carbonyl (C=O) groups is 1. The molecule has 0 saturated heterocycles. The fourth-order valence-electron chi connectivity index (χ4n) is 2.16. The van der Waals surface area contributed by atoms with Gasteiger partial charge in [0.2, 0.25) is 0 Å². The van der Waals surface area contributed by atoms with Crippen molar-refractivity contribution in [1.82, 2.24) is 9.88 Å². The zero-order valence-corrected chi connectivity index (χ0v) is 13.4. The highest BCUT2D eigenvalue weighted by atomic mass is 16.2. The molecule has 1 rings (SSSR count). The molecular formula is C16H27N3O. The normalized spacial score (nSPS) is 12.1. The number of carbonyl (C=O) groups excluding carboxylic acids is 1. The van der Waals surface area contributed by atoms with Crippen LogP contribution >= 0.6 is 0 Å². The van der Waals surface area contributed by atoms with Crippen molar-refractivity contribution >= 4 is 11.7 Å². The molecule has 1 aromatic heterocycles. The number of amides is 1. The molecule has 0 fully saturated rings. The first kappa shape index (κ1) is 16.5. The topological polar surface area (TPSA) is 45.2 Å². The predicted molar refractivity (Wildman–Crippen MR) is 84.2 cm³/mol. The number of aryl methyl sites for hydroxylation is 1. The third-order valence-electron chi connectivity index (χ3n) is 3.59. The molecule has 0 aliphatic carbocycles. The van der Waals surface area contributed by atoms with Crippen molar-refractivity contribution in [2.45, 2.75) is 53.0 Å². The maximum Gasteiger partial charge on any atom is 0.254 e. The van der Waals surface area contributed by atoms with Gasteiger partial charge in [-0.15, -0.1) is 0 Å². The molecule has 1 unspecified atom stereocenters. The quantitative estimate of drug-likeness (QED) is 0.830. The molecule has 0 aliphatic heterocycles. The third kappa shape index (κ3) is 4.22. The van der Waals surface area contributed by atoms with Gasteiger partial charge in [0.25, 0.3) is 5.91 Å². The molecule has 1 atom stereocenters. The summed E-state index contributed by atoms with van der Waals surface area (Å²) >= 11 is 0. The lowest BCUT2D eigenvalue weighted by atomic mass is 10.1. The average molecular weight is 277 g/mol. The smallest absolute Gasteiger partial charge is 0.254 e. The molecule has 0 bridgehead atoms. The van der Waals surface area contributed by atoms with Crippen molar-refractivity contribution < 1.29 is 4.79 Å². The summed E-state index contributed by atoms with van der Waals surface area (Å²) in [5, 5.41) is 3.01. The minimum absolute atomic E-state index is 0.106. The van der Waals surface area contributed by atoms with Gasteiger partial charge in [-0.25, -0.2) is 4.98 Å². The van der Waals surface area contributed by atoms with Crippen LogP contribution in [0, 0.1) is 6.92 Å². The lowest BCUT2D eigenvalue weighted by Crippen LogP contribution is -2.39. The van der Waals surface area contributed by atoms with E-state index in [9.17, 15) is 4.79 Å². The number of pyridine rings is 1. The minimum atomic E-state index is 0.106. The SMILES string of the molecule is CCCCN(C(=O)c1cc(C)nc(NC)c1)C(C)CC. The molecule has 4 heteroatoms. The summed E-state index contributed by atoms with van der Waals surface area (Å²) in [6.45, 7) is 9.11. The molecule has 112 valence electrons. The van der Waals surface area contributed by atoms with Crippen LogP contribution in [0.25, 0.3) is 0 Å². The van der Waals surface area contributed by atoms with Crippen LogP contribution in [0.3, 0.4) is 0 Å². The van der Waals surface area contributed by atoms with Crippen LogP contribution in [0.4, 0.5) is 5.82 Å². The Kier molecular flexibility index (Phi) is 6.49. The van der Waals surface area contributed by atoms with Crippen LogP contribution in [-0.4, -0.2) is 35.4 Å². The van der Waals surface area contributed by atoms with Gasteiger partial charge in [-0.1, -0.05) is 20.3 Å². The first-order valence-electron chi connectivity index (χ1n) is 7.50. The van der Waals surface area contributed by atoms with Crippen molar-refractivity contribution in [1.29, 1.82) is 0 Å². The summed E-state index contributed by atoms with van der Waals surface area (Å²) in [5.41, 5.74) is 1.58. The van der Waals surface area contributed by atoms with E-state index in [0.29, 0.717) is 0 Å². The van der Waals surface area contributed by atoms with Gasteiger partial charge >= 0.3 is 0 Å². The van der Waals surface area contributed by atoms with Gasteiger partial charge in [0.05, 0.1) is 0 Å². The molecule has 1 aromatic rings. The van der Waals surface area contributed by atoms with Crippen LogP contribution in [-0.2, 0) is 0 Å². The monoisotopic (exact) mass is 277 g/mol. The van der Waals surface area contributed by atoms with Crippen LogP contribution in [0.2, 0.25) is 0 Å². The van der Waals surface area contributed by atoms with Gasteiger partial charge in [-0.05, 0) is 38.8 Å². The van der Waals surface area contributed by atoms with Gasteiger partial charge in [0.1, 0.15) is 5.82 Å². The van der Waals surface area contributed by atoms with Crippen LogP contribution in [0.15, 0.2) is 12.1 Å². The van der Waals surface area contributed by atoms with Gasteiger partial charge in [-0.2, -0.15) is 0 Å². The second-order valence-corrected chi connectivity index (χ2v) is 5.24. The zero-order chi connectivity index (χ0) is 15.1. The van der Waals surface area contributed by atoms with Crippen molar-refractivity contribution in [3.63, 3.8) is 0 Å². The zero-order valence-electron chi connectivity index (χ0n) is 13.4. The van der Waals surface area contributed by atoms with Gasteiger partial charge in [0.15, 0.2) is 0 Å². The Balaban J connectivity index is 3.01. The van der Waals surface area contributed by atoms with Crippen molar-refractivity contribution in [3.05, 3.63) is 23.4 Å². The molecule has 0 radical (unpaired) electrons. The maximum absolute atomic E-state index is 12.7. The predicted octanol–water partition coefficient (Wildman–Crippen LogP) is 3.47. The van der Waals surface area contributed by atoms with Crippen molar-refractivity contribution in [3.8, 4) is 0 Å².